The monoisotopic (exact) mass is 541 g/mol. The van der Waals surface area contributed by atoms with E-state index in [4.69, 9.17) is 10.2 Å². The van der Waals surface area contributed by atoms with Crippen LogP contribution in [-0.4, -0.2) is 35.0 Å². The summed E-state index contributed by atoms with van der Waals surface area (Å²) < 4.78 is 44.9. The molecule has 3 atom stereocenters. The Morgan fingerprint density at radius 2 is 1.97 bits per heavy atom. The average Bonchev–Trinajstić information content (AvgIpc) is 3.38. The highest BCUT2D eigenvalue weighted by Crippen LogP contribution is 2.42. The van der Waals surface area contributed by atoms with E-state index in [9.17, 15) is 18.0 Å². The van der Waals surface area contributed by atoms with Crippen LogP contribution in [0.2, 0.25) is 0 Å². The molecule has 39 heavy (non-hydrogen) atoms. The minimum atomic E-state index is -4.44. The van der Waals surface area contributed by atoms with Crippen molar-refractivity contribution in [3.05, 3.63) is 60.0 Å². The number of carbonyl (C=O) groups excluding carboxylic acids is 1. The molecule has 1 aromatic carbocycles. The van der Waals surface area contributed by atoms with E-state index in [2.05, 4.69) is 27.1 Å². The third-order valence-corrected chi connectivity index (χ3v) is 8.09. The lowest BCUT2D eigenvalue weighted by atomic mass is 9.70. The number of amides is 1. The number of aromatic nitrogens is 2. The third kappa shape index (κ3) is 6.37. The Morgan fingerprint density at radius 1 is 1.15 bits per heavy atom. The number of piperidine rings is 1. The summed E-state index contributed by atoms with van der Waals surface area (Å²) in [6.07, 6.45) is 6.03. The van der Waals surface area contributed by atoms with Gasteiger partial charge < -0.3 is 20.4 Å². The number of halogens is 3. The van der Waals surface area contributed by atoms with Crippen molar-refractivity contribution in [2.45, 2.75) is 64.1 Å². The molecule has 1 aliphatic carbocycles. The molecule has 1 saturated carbocycles. The van der Waals surface area contributed by atoms with E-state index < -0.39 is 17.8 Å². The van der Waals surface area contributed by atoms with Crippen LogP contribution in [0.4, 0.5) is 24.9 Å². The van der Waals surface area contributed by atoms with Crippen molar-refractivity contribution in [1.29, 1.82) is 0 Å². The topological polar surface area (TPSA) is 97.3 Å². The Labute approximate surface area is 226 Å². The van der Waals surface area contributed by atoms with E-state index in [0.29, 0.717) is 23.3 Å². The molecule has 3 N–H and O–H groups in total. The molecule has 10 heteroatoms. The Hall–Kier alpha value is -3.56. The minimum absolute atomic E-state index is 0.0276. The number of nitrogens with two attached hydrogens (primary N) is 1. The van der Waals surface area contributed by atoms with Crippen molar-refractivity contribution in [3.63, 3.8) is 0 Å². The fourth-order valence-electron chi connectivity index (χ4n) is 6.18. The van der Waals surface area contributed by atoms with E-state index in [-0.39, 0.29) is 11.5 Å². The molecular formula is C29H34F3N5O2. The van der Waals surface area contributed by atoms with Crippen LogP contribution in [-0.2, 0) is 6.18 Å². The predicted molar refractivity (Wildman–Crippen MR) is 143 cm³/mol. The van der Waals surface area contributed by atoms with Crippen molar-refractivity contribution in [1.82, 2.24) is 9.97 Å². The summed E-state index contributed by atoms with van der Waals surface area (Å²) in [7, 11) is 0. The van der Waals surface area contributed by atoms with Gasteiger partial charge in [-0.05, 0) is 67.7 Å². The number of hydrogen-bond donors (Lipinski definition) is 2. The molecule has 3 heterocycles. The van der Waals surface area contributed by atoms with Crippen molar-refractivity contribution >= 4 is 17.6 Å². The maximum Gasteiger partial charge on any atom is 0.433 e. The molecule has 1 amide bonds. The van der Waals surface area contributed by atoms with Gasteiger partial charge in [0.2, 0.25) is 5.91 Å². The number of alkyl halides is 3. The molecule has 0 bridgehead atoms. The van der Waals surface area contributed by atoms with Gasteiger partial charge in [0.25, 0.3) is 6.01 Å². The summed E-state index contributed by atoms with van der Waals surface area (Å²) >= 11 is 0. The SMILES string of the molecule is C[C@]1(C[C@@H]2CCCC[C@H]2Nc2ncc(-c3cccc(C(N)=O)c3)o2)CCCN(c2ccc(C(F)(F)F)nc2)C1. The van der Waals surface area contributed by atoms with Crippen LogP contribution in [0.15, 0.2) is 53.2 Å². The summed E-state index contributed by atoms with van der Waals surface area (Å²) in [5.41, 5.74) is 6.46. The fraction of sp³-hybridized carbons (Fsp3) is 0.483. The largest absolute Gasteiger partial charge is 0.433 e. The smallest absolute Gasteiger partial charge is 0.424 e. The highest BCUT2D eigenvalue weighted by atomic mass is 19.4. The van der Waals surface area contributed by atoms with Crippen molar-refractivity contribution < 1.29 is 22.4 Å². The molecule has 2 fully saturated rings. The first-order chi connectivity index (χ1) is 18.6. The Kier molecular flexibility index (Phi) is 7.55. The molecule has 1 saturated heterocycles. The van der Waals surface area contributed by atoms with Crippen molar-refractivity contribution in [2.24, 2.45) is 17.1 Å². The van der Waals surface area contributed by atoms with Gasteiger partial charge in [-0.25, -0.2) is 9.97 Å². The molecule has 0 radical (unpaired) electrons. The number of benzene rings is 1. The Bertz CT molecular complexity index is 1290. The number of pyridine rings is 1. The second-order valence-corrected chi connectivity index (χ2v) is 11.2. The first-order valence-electron chi connectivity index (χ1n) is 13.5. The summed E-state index contributed by atoms with van der Waals surface area (Å²) in [6.45, 7) is 3.88. The van der Waals surface area contributed by atoms with Crippen molar-refractivity contribution in [2.75, 3.05) is 23.3 Å². The normalized spacial score (nSPS) is 23.9. The van der Waals surface area contributed by atoms with Gasteiger partial charge in [-0.15, -0.1) is 0 Å². The highest BCUT2D eigenvalue weighted by molar-refractivity contribution is 5.93. The van der Waals surface area contributed by atoms with Crippen LogP contribution < -0.4 is 16.0 Å². The molecule has 1 aliphatic heterocycles. The summed E-state index contributed by atoms with van der Waals surface area (Å²) in [5.74, 6) is 0.486. The van der Waals surface area contributed by atoms with Gasteiger partial charge in [0.1, 0.15) is 5.69 Å². The molecule has 0 unspecified atom stereocenters. The van der Waals surface area contributed by atoms with Gasteiger partial charge in [0.05, 0.1) is 18.1 Å². The second-order valence-electron chi connectivity index (χ2n) is 11.2. The number of oxazole rings is 1. The number of carbonyl (C=O) groups is 1. The standard InChI is InChI=1S/C29H34F3N5O2/c1-28(12-5-13-37(18-28)22-10-11-25(34-16-22)29(30,31)32)15-21-6-2-3-9-23(21)36-27-35-17-24(39-27)19-7-4-8-20(14-19)26(33)38/h4,7-8,10-11,14,16-17,21,23H,2-3,5-6,9,12-13,15,18H2,1H3,(H2,33,38)(H,35,36)/t21-,23+,28+/m0/s1. The number of primary amides is 1. The van der Waals surface area contributed by atoms with E-state index in [1.807, 2.05) is 6.07 Å². The van der Waals surface area contributed by atoms with Crippen LogP contribution in [0, 0.1) is 11.3 Å². The Morgan fingerprint density at radius 3 is 2.72 bits per heavy atom. The number of rotatable bonds is 7. The zero-order valence-corrected chi connectivity index (χ0v) is 22.0. The molecule has 208 valence electrons. The van der Waals surface area contributed by atoms with Gasteiger partial charge in [-0.2, -0.15) is 13.2 Å². The molecule has 2 aromatic heterocycles. The highest BCUT2D eigenvalue weighted by Gasteiger charge is 2.38. The van der Waals surface area contributed by atoms with E-state index >= 15 is 0 Å². The molecule has 7 nitrogen and oxygen atoms in total. The number of hydrogen-bond acceptors (Lipinski definition) is 6. The summed E-state index contributed by atoms with van der Waals surface area (Å²) in [4.78, 5) is 21.8. The minimum Gasteiger partial charge on any atom is -0.424 e. The van der Waals surface area contributed by atoms with Crippen LogP contribution in [0.1, 0.15) is 67.9 Å². The molecule has 3 aromatic rings. The van der Waals surface area contributed by atoms with Crippen LogP contribution in [0.25, 0.3) is 11.3 Å². The van der Waals surface area contributed by atoms with Crippen molar-refractivity contribution in [3.8, 4) is 11.3 Å². The number of nitrogens with one attached hydrogen (secondary N) is 1. The fourth-order valence-corrected chi connectivity index (χ4v) is 6.18. The van der Waals surface area contributed by atoms with Gasteiger partial charge in [0, 0.05) is 30.3 Å². The third-order valence-electron chi connectivity index (χ3n) is 8.09. The zero-order chi connectivity index (χ0) is 27.6. The zero-order valence-electron chi connectivity index (χ0n) is 22.0. The van der Waals surface area contributed by atoms with Gasteiger partial charge in [-0.3, -0.25) is 4.79 Å². The molecule has 0 spiro atoms. The van der Waals surface area contributed by atoms with E-state index in [1.165, 1.54) is 18.7 Å². The quantitative estimate of drug-likeness (QED) is 0.353. The first kappa shape index (κ1) is 27.0. The summed E-state index contributed by atoms with van der Waals surface area (Å²) in [5, 5.41) is 3.53. The Balaban J connectivity index is 1.25. The van der Waals surface area contributed by atoms with Crippen LogP contribution >= 0.6 is 0 Å². The average molecular weight is 542 g/mol. The predicted octanol–water partition coefficient (Wildman–Crippen LogP) is 6.52. The van der Waals surface area contributed by atoms with E-state index in [0.717, 1.165) is 68.9 Å². The van der Waals surface area contributed by atoms with Gasteiger partial charge in [0.15, 0.2) is 5.76 Å². The number of anilines is 2. The lowest BCUT2D eigenvalue weighted by Crippen LogP contribution is -2.45. The summed E-state index contributed by atoms with van der Waals surface area (Å²) in [6, 6.07) is 10.2. The van der Waals surface area contributed by atoms with E-state index in [1.54, 1.807) is 24.4 Å². The molecule has 2 aliphatic rings. The number of nitrogens with zero attached hydrogens (tertiary/aromatic N) is 3. The first-order valence-corrected chi connectivity index (χ1v) is 13.5. The van der Waals surface area contributed by atoms with Crippen LogP contribution in [0.5, 0.6) is 0 Å². The molecular weight excluding hydrogens is 507 g/mol. The molecule has 5 rings (SSSR count). The maximum absolute atomic E-state index is 13.0. The lowest BCUT2D eigenvalue weighted by molar-refractivity contribution is -0.141. The maximum atomic E-state index is 13.0. The van der Waals surface area contributed by atoms with Gasteiger partial charge >= 0.3 is 6.18 Å². The lowest BCUT2D eigenvalue weighted by Gasteiger charge is -2.45. The van der Waals surface area contributed by atoms with Crippen LogP contribution in [0.3, 0.4) is 0 Å². The second kappa shape index (κ2) is 10.9. The van der Waals surface area contributed by atoms with Gasteiger partial charge in [-0.1, -0.05) is 31.9 Å².